The monoisotopic (exact) mass is 316 g/mol. The molecule has 0 heterocycles. The molecule has 0 rings (SSSR count). The maximum absolute atomic E-state index is 12.4. The van der Waals surface area contributed by atoms with Crippen LogP contribution in [0.5, 0.6) is 0 Å². The van der Waals surface area contributed by atoms with Crippen molar-refractivity contribution in [2.45, 2.75) is 64.3 Å². The third-order valence-electron chi connectivity index (χ3n) is 3.93. The Hall–Kier alpha value is -0.650. The molecular formula is C17H36N2O3. The van der Waals surface area contributed by atoms with Crippen molar-refractivity contribution in [1.82, 2.24) is 9.80 Å². The molecule has 0 aliphatic heterocycles. The van der Waals surface area contributed by atoms with E-state index in [0.717, 1.165) is 25.8 Å². The van der Waals surface area contributed by atoms with Gasteiger partial charge in [-0.1, -0.05) is 39.0 Å². The minimum Gasteiger partial charge on any atom is -0.394 e. The number of amides is 1. The van der Waals surface area contributed by atoms with Gasteiger partial charge in [0.05, 0.1) is 19.3 Å². The maximum Gasteiger partial charge on any atom is 0.222 e. The van der Waals surface area contributed by atoms with E-state index in [1.807, 2.05) is 14.1 Å². The largest absolute Gasteiger partial charge is 0.394 e. The molecule has 22 heavy (non-hydrogen) atoms. The molecule has 5 heteroatoms. The zero-order valence-corrected chi connectivity index (χ0v) is 14.8. The quantitative estimate of drug-likeness (QED) is 0.480. The lowest BCUT2D eigenvalue weighted by molar-refractivity contribution is -0.135. The van der Waals surface area contributed by atoms with E-state index < -0.39 is 6.04 Å². The van der Waals surface area contributed by atoms with Crippen LogP contribution in [0.1, 0.15) is 58.3 Å². The molecule has 1 amide bonds. The zero-order chi connectivity index (χ0) is 16.8. The van der Waals surface area contributed by atoms with Gasteiger partial charge in [-0.15, -0.1) is 0 Å². The van der Waals surface area contributed by atoms with Gasteiger partial charge in [0.1, 0.15) is 0 Å². The smallest absolute Gasteiger partial charge is 0.222 e. The molecule has 132 valence electrons. The Kier molecular flexibility index (Phi) is 13.6. The van der Waals surface area contributed by atoms with Crippen LogP contribution in [0.4, 0.5) is 0 Å². The number of unbranched alkanes of at least 4 members (excludes halogenated alkanes) is 5. The number of hydrogen-bond donors (Lipinski definition) is 2. The van der Waals surface area contributed by atoms with Crippen LogP contribution < -0.4 is 0 Å². The van der Waals surface area contributed by atoms with E-state index in [1.165, 1.54) is 25.7 Å². The Morgan fingerprint density at radius 3 is 2.05 bits per heavy atom. The first kappa shape index (κ1) is 21.4. The Bertz CT molecular complexity index is 269. The van der Waals surface area contributed by atoms with E-state index in [-0.39, 0.29) is 19.1 Å². The fraction of sp³-hybridized carbons (Fsp3) is 0.941. The van der Waals surface area contributed by atoms with E-state index in [0.29, 0.717) is 13.0 Å². The number of aliphatic hydroxyl groups is 2. The lowest BCUT2D eigenvalue weighted by Crippen LogP contribution is -2.45. The van der Waals surface area contributed by atoms with Crippen LogP contribution in [-0.4, -0.2) is 72.4 Å². The summed E-state index contributed by atoms with van der Waals surface area (Å²) in [6, 6.07) is -0.463. The Labute approximate surface area is 136 Å². The van der Waals surface area contributed by atoms with Gasteiger partial charge in [0.15, 0.2) is 0 Å². The van der Waals surface area contributed by atoms with Crippen molar-refractivity contribution in [2.75, 3.05) is 40.4 Å². The van der Waals surface area contributed by atoms with Gasteiger partial charge in [0, 0.05) is 13.0 Å². The number of carbonyl (C=O) groups is 1. The lowest BCUT2D eigenvalue weighted by atomic mass is 10.1. The molecule has 0 saturated carbocycles. The highest BCUT2D eigenvalue weighted by atomic mass is 16.3. The fourth-order valence-corrected chi connectivity index (χ4v) is 2.52. The highest BCUT2D eigenvalue weighted by Crippen LogP contribution is 2.10. The molecule has 0 aromatic carbocycles. The van der Waals surface area contributed by atoms with Crippen molar-refractivity contribution in [3.05, 3.63) is 0 Å². The van der Waals surface area contributed by atoms with Crippen LogP contribution in [0.2, 0.25) is 0 Å². The van der Waals surface area contributed by atoms with Crippen LogP contribution in [-0.2, 0) is 4.79 Å². The summed E-state index contributed by atoms with van der Waals surface area (Å²) in [7, 11) is 4.00. The average molecular weight is 316 g/mol. The first-order chi connectivity index (χ1) is 10.6. The van der Waals surface area contributed by atoms with E-state index in [1.54, 1.807) is 4.90 Å². The molecular weight excluding hydrogens is 280 g/mol. The molecule has 5 nitrogen and oxygen atoms in total. The van der Waals surface area contributed by atoms with Crippen molar-refractivity contribution >= 4 is 5.91 Å². The molecule has 0 aliphatic carbocycles. The SMILES string of the molecule is CCCCCCCCC(=O)N(CCCN(C)C)C(CO)CO. The number of rotatable bonds is 14. The van der Waals surface area contributed by atoms with Crippen LogP contribution in [0.25, 0.3) is 0 Å². The maximum atomic E-state index is 12.4. The zero-order valence-electron chi connectivity index (χ0n) is 14.8. The molecule has 0 unspecified atom stereocenters. The molecule has 0 aromatic heterocycles. The summed E-state index contributed by atoms with van der Waals surface area (Å²) in [6.45, 7) is 3.32. The van der Waals surface area contributed by atoms with Crippen molar-refractivity contribution in [3.63, 3.8) is 0 Å². The van der Waals surface area contributed by atoms with Crippen molar-refractivity contribution in [2.24, 2.45) is 0 Å². The summed E-state index contributed by atoms with van der Waals surface area (Å²) >= 11 is 0. The van der Waals surface area contributed by atoms with Crippen molar-refractivity contribution in [1.29, 1.82) is 0 Å². The van der Waals surface area contributed by atoms with Crippen LogP contribution >= 0.6 is 0 Å². The lowest BCUT2D eigenvalue weighted by Gasteiger charge is -2.30. The summed E-state index contributed by atoms with van der Waals surface area (Å²) in [6.07, 6.45) is 8.28. The van der Waals surface area contributed by atoms with Crippen LogP contribution in [0.15, 0.2) is 0 Å². The van der Waals surface area contributed by atoms with Gasteiger partial charge in [-0.25, -0.2) is 0 Å². The minimum absolute atomic E-state index is 0.0577. The van der Waals surface area contributed by atoms with Gasteiger partial charge in [-0.05, 0) is 33.5 Å². The fourth-order valence-electron chi connectivity index (χ4n) is 2.52. The highest BCUT2D eigenvalue weighted by Gasteiger charge is 2.21. The molecule has 0 aromatic rings. The number of carbonyl (C=O) groups excluding carboxylic acids is 1. The summed E-state index contributed by atoms with van der Waals surface area (Å²) in [4.78, 5) is 16.1. The van der Waals surface area contributed by atoms with Crippen molar-refractivity contribution < 1.29 is 15.0 Å². The number of hydrogen-bond acceptors (Lipinski definition) is 4. The van der Waals surface area contributed by atoms with Gasteiger partial charge in [-0.3, -0.25) is 4.79 Å². The van der Waals surface area contributed by atoms with Gasteiger partial charge in [0.2, 0.25) is 5.91 Å². The average Bonchev–Trinajstić information content (AvgIpc) is 2.49. The second-order valence-corrected chi connectivity index (χ2v) is 6.28. The van der Waals surface area contributed by atoms with Gasteiger partial charge in [0.25, 0.3) is 0 Å². The molecule has 0 saturated heterocycles. The summed E-state index contributed by atoms with van der Waals surface area (Å²) in [5.41, 5.74) is 0. The molecule has 0 atom stereocenters. The van der Waals surface area contributed by atoms with Crippen molar-refractivity contribution in [3.8, 4) is 0 Å². The number of nitrogens with zero attached hydrogens (tertiary/aromatic N) is 2. The normalized spacial score (nSPS) is 11.4. The van der Waals surface area contributed by atoms with E-state index in [2.05, 4.69) is 11.8 Å². The standard InChI is InChI=1S/C17H36N2O3/c1-4-5-6-7-8-9-11-17(22)19(16(14-20)15-21)13-10-12-18(2)3/h16,20-21H,4-15H2,1-3H3. The third-order valence-corrected chi connectivity index (χ3v) is 3.93. The third kappa shape index (κ3) is 10.1. The van der Waals surface area contributed by atoms with E-state index in [4.69, 9.17) is 0 Å². The summed E-state index contributed by atoms with van der Waals surface area (Å²) in [5, 5.41) is 18.7. The molecule has 0 bridgehead atoms. The molecule has 0 spiro atoms. The second-order valence-electron chi connectivity index (χ2n) is 6.28. The van der Waals surface area contributed by atoms with Gasteiger partial charge >= 0.3 is 0 Å². The first-order valence-electron chi connectivity index (χ1n) is 8.72. The molecule has 0 aliphatic rings. The first-order valence-corrected chi connectivity index (χ1v) is 8.72. The highest BCUT2D eigenvalue weighted by molar-refractivity contribution is 5.76. The van der Waals surface area contributed by atoms with E-state index >= 15 is 0 Å². The molecule has 0 radical (unpaired) electrons. The molecule has 2 N–H and O–H groups in total. The Morgan fingerprint density at radius 1 is 0.909 bits per heavy atom. The topological polar surface area (TPSA) is 64.0 Å². The number of aliphatic hydroxyl groups excluding tert-OH is 2. The van der Waals surface area contributed by atoms with E-state index in [9.17, 15) is 15.0 Å². The molecule has 0 fully saturated rings. The summed E-state index contributed by atoms with van der Waals surface area (Å²) in [5.74, 6) is 0.0577. The minimum atomic E-state index is -0.463. The predicted molar refractivity (Wildman–Crippen MR) is 90.8 cm³/mol. The predicted octanol–water partition coefficient (Wildman–Crippen LogP) is 1.87. The van der Waals surface area contributed by atoms with Gasteiger partial charge < -0.3 is 20.0 Å². The Morgan fingerprint density at radius 2 is 1.50 bits per heavy atom. The summed E-state index contributed by atoms with van der Waals surface area (Å²) < 4.78 is 0. The van der Waals surface area contributed by atoms with Crippen LogP contribution in [0.3, 0.4) is 0 Å². The second kappa shape index (κ2) is 14.0. The van der Waals surface area contributed by atoms with Crippen LogP contribution in [0, 0.1) is 0 Å². The van der Waals surface area contributed by atoms with Gasteiger partial charge in [-0.2, -0.15) is 0 Å². The Balaban J connectivity index is 4.19.